The van der Waals surface area contributed by atoms with Crippen LogP contribution in [-0.2, 0) is 6.42 Å². The van der Waals surface area contributed by atoms with E-state index < -0.39 is 6.43 Å². The molecule has 1 aromatic carbocycles. The SMILES string of the molecule is COc1c(C(F)F)ccc(C)c1CC1(N)CC1. The molecule has 0 radical (unpaired) electrons. The number of hydrogen-bond donors (Lipinski definition) is 1. The second-order valence-corrected chi connectivity index (χ2v) is 4.82. The molecule has 17 heavy (non-hydrogen) atoms. The molecule has 1 fully saturated rings. The molecule has 0 spiro atoms. The number of benzene rings is 1. The molecular formula is C13H17F2NO. The van der Waals surface area contributed by atoms with Crippen molar-refractivity contribution < 1.29 is 13.5 Å². The molecule has 1 saturated carbocycles. The lowest BCUT2D eigenvalue weighted by molar-refractivity contribution is 0.146. The number of rotatable bonds is 4. The summed E-state index contributed by atoms with van der Waals surface area (Å²) in [5.74, 6) is 0.303. The van der Waals surface area contributed by atoms with Crippen LogP contribution < -0.4 is 10.5 Å². The van der Waals surface area contributed by atoms with Crippen LogP contribution in [0.25, 0.3) is 0 Å². The molecule has 1 aliphatic rings. The standard InChI is InChI=1S/C13H17F2NO/c1-8-3-4-9(12(14)15)11(17-2)10(8)7-13(16)5-6-13/h3-4,12H,5-7,16H2,1-2H3. The van der Waals surface area contributed by atoms with Crippen molar-refractivity contribution in [2.75, 3.05) is 7.11 Å². The average molecular weight is 241 g/mol. The van der Waals surface area contributed by atoms with Crippen molar-refractivity contribution >= 4 is 0 Å². The Morgan fingerprint density at radius 2 is 2.06 bits per heavy atom. The fourth-order valence-electron chi connectivity index (χ4n) is 2.07. The zero-order chi connectivity index (χ0) is 12.6. The summed E-state index contributed by atoms with van der Waals surface area (Å²) < 4.78 is 30.9. The molecule has 4 heteroatoms. The number of hydrogen-bond acceptors (Lipinski definition) is 2. The van der Waals surface area contributed by atoms with E-state index in [1.165, 1.54) is 13.2 Å². The zero-order valence-electron chi connectivity index (χ0n) is 10.1. The van der Waals surface area contributed by atoms with E-state index in [2.05, 4.69) is 0 Å². The van der Waals surface area contributed by atoms with Gasteiger partial charge in [0, 0.05) is 5.54 Å². The van der Waals surface area contributed by atoms with Gasteiger partial charge < -0.3 is 10.5 Å². The van der Waals surface area contributed by atoms with Crippen LogP contribution in [0.15, 0.2) is 12.1 Å². The minimum atomic E-state index is -2.52. The maximum Gasteiger partial charge on any atom is 0.267 e. The largest absolute Gasteiger partial charge is 0.496 e. The molecule has 0 amide bonds. The highest BCUT2D eigenvalue weighted by molar-refractivity contribution is 5.48. The molecule has 0 unspecified atom stereocenters. The molecule has 2 N–H and O–H groups in total. The average Bonchev–Trinajstić information content (AvgIpc) is 2.99. The van der Waals surface area contributed by atoms with Crippen molar-refractivity contribution in [1.29, 1.82) is 0 Å². The van der Waals surface area contributed by atoms with Gasteiger partial charge in [0.05, 0.1) is 12.7 Å². The lowest BCUT2D eigenvalue weighted by atomic mass is 9.96. The van der Waals surface area contributed by atoms with Gasteiger partial charge in [-0.2, -0.15) is 0 Å². The van der Waals surface area contributed by atoms with Gasteiger partial charge in [0.2, 0.25) is 0 Å². The maximum absolute atomic E-state index is 12.9. The molecular weight excluding hydrogens is 224 g/mol. The van der Waals surface area contributed by atoms with Crippen LogP contribution in [0.5, 0.6) is 5.75 Å². The number of alkyl halides is 2. The van der Waals surface area contributed by atoms with Crippen LogP contribution in [0.4, 0.5) is 8.78 Å². The van der Waals surface area contributed by atoms with Crippen molar-refractivity contribution in [3.8, 4) is 5.75 Å². The van der Waals surface area contributed by atoms with Crippen LogP contribution in [0.3, 0.4) is 0 Å². The quantitative estimate of drug-likeness (QED) is 0.879. The first-order chi connectivity index (χ1) is 7.97. The highest BCUT2D eigenvalue weighted by Gasteiger charge is 2.39. The van der Waals surface area contributed by atoms with E-state index in [0.717, 1.165) is 24.0 Å². The van der Waals surface area contributed by atoms with Gasteiger partial charge in [0.25, 0.3) is 6.43 Å². The Labute approximate surface area is 99.8 Å². The number of halogens is 2. The molecule has 0 heterocycles. The Morgan fingerprint density at radius 1 is 1.41 bits per heavy atom. The third-order valence-corrected chi connectivity index (χ3v) is 3.39. The Morgan fingerprint density at radius 3 is 2.53 bits per heavy atom. The van der Waals surface area contributed by atoms with E-state index in [1.807, 2.05) is 6.92 Å². The summed E-state index contributed by atoms with van der Waals surface area (Å²) in [5, 5.41) is 0. The summed E-state index contributed by atoms with van der Waals surface area (Å²) in [4.78, 5) is 0. The first-order valence-electron chi connectivity index (χ1n) is 5.70. The smallest absolute Gasteiger partial charge is 0.267 e. The Kier molecular flexibility index (Phi) is 3.08. The molecule has 1 aliphatic carbocycles. The van der Waals surface area contributed by atoms with Crippen molar-refractivity contribution in [2.45, 2.75) is 38.2 Å². The molecule has 1 aromatic rings. The number of aryl methyl sites for hydroxylation is 1. The van der Waals surface area contributed by atoms with E-state index in [9.17, 15) is 8.78 Å². The molecule has 94 valence electrons. The van der Waals surface area contributed by atoms with Gasteiger partial charge in [-0.25, -0.2) is 8.78 Å². The second-order valence-electron chi connectivity index (χ2n) is 4.82. The summed E-state index contributed by atoms with van der Waals surface area (Å²) in [6.07, 6.45) is 0.00296. The lowest BCUT2D eigenvalue weighted by Crippen LogP contribution is -2.25. The number of nitrogens with two attached hydrogens (primary N) is 1. The van der Waals surface area contributed by atoms with Gasteiger partial charge in [-0.3, -0.25) is 0 Å². The van der Waals surface area contributed by atoms with Gasteiger partial charge in [-0.15, -0.1) is 0 Å². The lowest BCUT2D eigenvalue weighted by Gasteiger charge is -2.18. The summed E-state index contributed by atoms with van der Waals surface area (Å²) in [6, 6.07) is 3.14. The van der Waals surface area contributed by atoms with E-state index in [1.54, 1.807) is 6.07 Å². The van der Waals surface area contributed by atoms with Crippen LogP contribution in [0, 0.1) is 6.92 Å². The van der Waals surface area contributed by atoms with Gasteiger partial charge in [-0.1, -0.05) is 6.07 Å². The summed E-state index contributed by atoms with van der Waals surface area (Å²) in [7, 11) is 1.43. The van der Waals surface area contributed by atoms with E-state index >= 15 is 0 Å². The number of methoxy groups -OCH3 is 1. The molecule has 0 bridgehead atoms. The molecule has 2 rings (SSSR count). The fourth-order valence-corrected chi connectivity index (χ4v) is 2.07. The normalized spacial score (nSPS) is 17.3. The van der Waals surface area contributed by atoms with Crippen LogP contribution in [0.1, 0.15) is 36.0 Å². The third kappa shape index (κ3) is 2.41. The van der Waals surface area contributed by atoms with E-state index in [0.29, 0.717) is 12.2 Å². The second kappa shape index (κ2) is 4.26. The Balaban J connectivity index is 2.43. The van der Waals surface area contributed by atoms with Crippen molar-refractivity contribution in [3.05, 3.63) is 28.8 Å². The Hall–Kier alpha value is -1.16. The molecule has 0 atom stereocenters. The molecule has 0 saturated heterocycles. The van der Waals surface area contributed by atoms with Crippen molar-refractivity contribution in [3.63, 3.8) is 0 Å². The minimum Gasteiger partial charge on any atom is -0.496 e. The van der Waals surface area contributed by atoms with E-state index in [4.69, 9.17) is 10.5 Å². The van der Waals surface area contributed by atoms with Gasteiger partial charge in [0.15, 0.2) is 0 Å². The first kappa shape index (κ1) is 12.3. The monoisotopic (exact) mass is 241 g/mol. The maximum atomic E-state index is 12.9. The summed E-state index contributed by atoms with van der Waals surface area (Å²) in [6.45, 7) is 1.90. The zero-order valence-corrected chi connectivity index (χ0v) is 10.1. The summed E-state index contributed by atoms with van der Waals surface area (Å²) in [5.41, 5.74) is 7.59. The molecule has 2 nitrogen and oxygen atoms in total. The summed E-state index contributed by atoms with van der Waals surface area (Å²) >= 11 is 0. The third-order valence-electron chi connectivity index (χ3n) is 3.39. The van der Waals surface area contributed by atoms with Crippen molar-refractivity contribution in [1.82, 2.24) is 0 Å². The van der Waals surface area contributed by atoms with Crippen LogP contribution in [-0.4, -0.2) is 12.6 Å². The van der Waals surface area contributed by atoms with Gasteiger partial charge >= 0.3 is 0 Å². The van der Waals surface area contributed by atoms with Crippen molar-refractivity contribution in [2.24, 2.45) is 5.73 Å². The molecule has 0 aromatic heterocycles. The Bertz CT molecular complexity index is 428. The fraction of sp³-hybridized carbons (Fsp3) is 0.538. The topological polar surface area (TPSA) is 35.2 Å². The first-order valence-corrected chi connectivity index (χ1v) is 5.70. The van der Waals surface area contributed by atoms with Crippen LogP contribution in [0.2, 0.25) is 0 Å². The highest BCUT2D eigenvalue weighted by atomic mass is 19.3. The predicted octanol–water partition coefficient (Wildman–Crippen LogP) is 2.98. The number of ether oxygens (including phenoxy) is 1. The highest BCUT2D eigenvalue weighted by Crippen LogP contribution is 2.41. The van der Waals surface area contributed by atoms with Crippen LogP contribution >= 0.6 is 0 Å². The van der Waals surface area contributed by atoms with E-state index in [-0.39, 0.29) is 11.1 Å². The predicted molar refractivity (Wildman–Crippen MR) is 62.5 cm³/mol. The minimum absolute atomic E-state index is 0.0441. The van der Waals surface area contributed by atoms with Gasteiger partial charge in [-0.05, 0) is 43.4 Å². The molecule has 0 aliphatic heterocycles. The van der Waals surface area contributed by atoms with Gasteiger partial charge in [0.1, 0.15) is 5.75 Å².